The van der Waals surface area contributed by atoms with Crippen molar-refractivity contribution in [3.63, 3.8) is 0 Å². The van der Waals surface area contributed by atoms with Crippen molar-refractivity contribution in [2.75, 3.05) is 37.6 Å². The Hall–Kier alpha value is -2.29. The lowest BCUT2D eigenvalue weighted by Crippen LogP contribution is -2.51. The van der Waals surface area contributed by atoms with Crippen LogP contribution in [0.3, 0.4) is 0 Å². The lowest BCUT2D eigenvalue weighted by molar-refractivity contribution is 0.319. The molecule has 3 rings (SSSR count). The molecule has 1 aliphatic heterocycles. The predicted octanol–water partition coefficient (Wildman–Crippen LogP) is 2.59. The van der Waals surface area contributed by atoms with Gasteiger partial charge in [-0.1, -0.05) is 0 Å². The molecule has 0 bridgehead atoms. The Morgan fingerprint density at radius 1 is 1.12 bits per heavy atom. The Kier molecular flexibility index (Phi) is 5.75. The van der Waals surface area contributed by atoms with E-state index in [1.165, 1.54) is 12.1 Å². The highest BCUT2D eigenvalue weighted by Gasteiger charge is 2.22. The summed E-state index contributed by atoms with van der Waals surface area (Å²) in [6, 6.07) is 9.00. The first kappa shape index (κ1) is 17.5. The van der Waals surface area contributed by atoms with Crippen molar-refractivity contribution < 1.29 is 4.39 Å². The molecular weight excluding hydrogens is 317 g/mol. The van der Waals surface area contributed by atoms with E-state index in [9.17, 15) is 4.39 Å². The van der Waals surface area contributed by atoms with Gasteiger partial charge in [0.1, 0.15) is 5.82 Å². The summed E-state index contributed by atoms with van der Waals surface area (Å²) in [6.07, 6.45) is 4.14. The van der Waals surface area contributed by atoms with Gasteiger partial charge in [-0.15, -0.1) is 0 Å². The van der Waals surface area contributed by atoms with E-state index in [2.05, 4.69) is 20.9 Å². The molecule has 1 saturated carbocycles. The van der Waals surface area contributed by atoms with E-state index in [1.54, 1.807) is 0 Å². The minimum Gasteiger partial charge on any atom is -0.370 e. The molecule has 1 aromatic carbocycles. The number of benzene rings is 1. The summed E-state index contributed by atoms with van der Waals surface area (Å²) in [5, 5.41) is 8.96. The first-order chi connectivity index (χ1) is 12.2. The normalized spacial score (nSPS) is 24.9. The van der Waals surface area contributed by atoms with Gasteiger partial charge in [0.15, 0.2) is 5.96 Å². The van der Waals surface area contributed by atoms with Gasteiger partial charge in [0, 0.05) is 44.3 Å². The van der Waals surface area contributed by atoms with E-state index in [4.69, 9.17) is 11.0 Å². The van der Waals surface area contributed by atoms with Gasteiger partial charge in [-0.25, -0.2) is 4.39 Å². The molecule has 2 N–H and O–H groups in total. The molecule has 1 saturated heterocycles. The van der Waals surface area contributed by atoms with Crippen LogP contribution in [0, 0.1) is 29.0 Å². The highest BCUT2D eigenvalue weighted by atomic mass is 19.1. The average Bonchev–Trinajstić information content (AvgIpc) is 2.67. The van der Waals surface area contributed by atoms with Gasteiger partial charge < -0.3 is 15.5 Å². The molecule has 0 unspecified atom stereocenters. The lowest BCUT2D eigenvalue weighted by Gasteiger charge is -2.36. The highest BCUT2D eigenvalue weighted by Crippen LogP contribution is 2.28. The van der Waals surface area contributed by atoms with Gasteiger partial charge in [0.05, 0.1) is 6.07 Å². The fourth-order valence-electron chi connectivity index (χ4n) is 3.64. The smallest absolute Gasteiger partial charge is 0.191 e. The Morgan fingerprint density at radius 3 is 2.36 bits per heavy atom. The van der Waals surface area contributed by atoms with Gasteiger partial charge >= 0.3 is 0 Å². The molecule has 0 spiro atoms. The maximum atomic E-state index is 13.0. The second-order valence-corrected chi connectivity index (χ2v) is 7.00. The van der Waals surface area contributed by atoms with Gasteiger partial charge in [0.2, 0.25) is 0 Å². The van der Waals surface area contributed by atoms with Crippen LogP contribution in [-0.2, 0) is 0 Å². The van der Waals surface area contributed by atoms with E-state index in [1.807, 2.05) is 12.1 Å². The number of piperazine rings is 1. The molecule has 0 radical (unpaired) electrons. The fraction of sp³-hybridized carbons (Fsp3) is 0.579. The Morgan fingerprint density at radius 2 is 1.76 bits per heavy atom. The van der Waals surface area contributed by atoms with Crippen molar-refractivity contribution in [3.05, 3.63) is 30.1 Å². The summed E-state index contributed by atoms with van der Waals surface area (Å²) in [4.78, 5) is 8.97. The molecule has 1 aromatic rings. The van der Waals surface area contributed by atoms with Crippen LogP contribution in [-0.4, -0.2) is 43.6 Å². The number of nitriles is 1. The SMILES string of the molecule is N#CC1CCC(CN=C(N)N2CCN(c3ccc(F)cc3)CC2)CC1. The van der Waals surface area contributed by atoms with Crippen molar-refractivity contribution in [3.8, 4) is 6.07 Å². The Balaban J connectivity index is 1.45. The first-order valence-electron chi connectivity index (χ1n) is 9.10. The lowest BCUT2D eigenvalue weighted by atomic mass is 9.83. The molecule has 0 amide bonds. The van der Waals surface area contributed by atoms with Gasteiger partial charge in [-0.3, -0.25) is 4.99 Å². The summed E-state index contributed by atoms with van der Waals surface area (Å²) in [5.74, 6) is 1.21. The molecule has 6 heteroatoms. The van der Waals surface area contributed by atoms with Crippen LogP contribution in [0.1, 0.15) is 25.7 Å². The summed E-state index contributed by atoms with van der Waals surface area (Å²) in [7, 11) is 0. The molecule has 2 aliphatic rings. The molecule has 1 aliphatic carbocycles. The van der Waals surface area contributed by atoms with E-state index in [0.717, 1.165) is 64.1 Å². The van der Waals surface area contributed by atoms with Crippen LogP contribution >= 0.6 is 0 Å². The number of anilines is 1. The van der Waals surface area contributed by atoms with Gasteiger partial charge in [0.25, 0.3) is 0 Å². The number of nitrogens with zero attached hydrogens (tertiary/aromatic N) is 4. The molecular formula is C19H26FN5. The van der Waals surface area contributed by atoms with E-state index in [0.29, 0.717) is 11.9 Å². The third-order valence-corrected chi connectivity index (χ3v) is 5.34. The maximum Gasteiger partial charge on any atom is 0.191 e. The number of hydrogen-bond acceptors (Lipinski definition) is 3. The van der Waals surface area contributed by atoms with E-state index in [-0.39, 0.29) is 11.7 Å². The van der Waals surface area contributed by atoms with Crippen LogP contribution in [0.25, 0.3) is 0 Å². The number of nitrogens with two attached hydrogens (primary N) is 1. The van der Waals surface area contributed by atoms with Crippen LogP contribution < -0.4 is 10.6 Å². The second-order valence-electron chi connectivity index (χ2n) is 7.00. The van der Waals surface area contributed by atoms with Crippen molar-refractivity contribution in [1.82, 2.24) is 4.90 Å². The Bertz CT molecular complexity index is 620. The molecule has 1 heterocycles. The van der Waals surface area contributed by atoms with Gasteiger partial charge in [-0.05, 0) is 55.9 Å². The maximum absolute atomic E-state index is 13.0. The topological polar surface area (TPSA) is 68.6 Å². The van der Waals surface area contributed by atoms with Crippen LogP contribution in [0.5, 0.6) is 0 Å². The highest BCUT2D eigenvalue weighted by molar-refractivity contribution is 5.78. The predicted molar refractivity (Wildman–Crippen MR) is 97.7 cm³/mol. The molecule has 5 nitrogen and oxygen atoms in total. The quantitative estimate of drug-likeness (QED) is 0.676. The van der Waals surface area contributed by atoms with Crippen LogP contribution in [0.4, 0.5) is 10.1 Å². The second kappa shape index (κ2) is 8.19. The standard InChI is InChI=1S/C19H26FN5/c20-17-5-7-18(8-6-17)24-9-11-25(12-10-24)19(22)23-14-16-3-1-15(13-21)2-4-16/h5-8,15-16H,1-4,9-12,14H2,(H2,22,23). The van der Waals surface area contributed by atoms with E-state index >= 15 is 0 Å². The number of halogens is 1. The van der Waals surface area contributed by atoms with Crippen molar-refractivity contribution in [2.24, 2.45) is 22.6 Å². The first-order valence-corrected chi connectivity index (χ1v) is 9.10. The van der Waals surface area contributed by atoms with Crippen LogP contribution in [0.15, 0.2) is 29.3 Å². The minimum atomic E-state index is -0.206. The zero-order chi connectivity index (χ0) is 17.6. The zero-order valence-corrected chi connectivity index (χ0v) is 14.6. The third-order valence-electron chi connectivity index (χ3n) is 5.34. The molecule has 2 fully saturated rings. The minimum absolute atomic E-state index is 0.206. The van der Waals surface area contributed by atoms with Crippen LogP contribution in [0.2, 0.25) is 0 Å². The largest absolute Gasteiger partial charge is 0.370 e. The molecule has 0 atom stereocenters. The van der Waals surface area contributed by atoms with Crippen molar-refractivity contribution in [1.29, 1.82) is 5.26 Å². The molecule has 25 heavy (non-hydrogen) atoms. The summed E-state index contributed by atoms with van der Waals surface area (Å²) in [5.41, 5.74) is 7.23. The number of guanidine groups is 1. The summed E-state index contributed by atoms with van der Waals surface area (Å²) >= 11 is 0. The zero-order valence-electron chi connectivity index (χ0n) is 14.6. The van der Waals surface area contributed by atoms with Gasteiger partial charge in [-0.2, -0.15) is 5.26 Å². The third kappa shape index (κ3) is 4.62. The molecule has 0 aromatic heterocycles. The summed E-state index contributed by atoms with van der Waals surface area (Å²) < 4.78 is 13.0. The number of aliphatic imine (C=N–C) groups is 1. The van der Waals surface area contributed by atoms with E-state index < -0.39 is 0 Å². The van der Waals surface area contributed by atoms with Crippen molar-refractivity contribution in [2.45, 2.75) is 25.7 Å². The monoisotopic (exact) mass is 343 g/mol. The fourth-order valence-corrected chi connectivity index (χ4v) is 3.64. The number of rotatable bonds is 3. The summed E-state index contributed by atoms with van der Waals surface area (Å²) in [6.45, 7) is 4.13. The van der Waals surface area contributed by atoms with Crippen molar-refractivity contribution >= 4 is 11.6 Å². The Labute approximate surface area is 148 Å². The average molecular weight is 343 g/mol. The molecule has 134 valence electrons. The number of hydrogen-bond donors (Lipinski definition) is 1.